The third-order valence-corrected chi connectivity index (χ3v) is 9.26. The zero-order chi connectivity index (χ0) is 31.5. The lowest BCUT2D eigenvalue weighted by Gasteiger charge is -2.11. The summed E-state index contributed by atoms with van der Waals surface area (Å²) in [7, 11) is 0. The second-order valence-electron chi connectivity index (χ2n) is 11.8. The average Bonchev–Trinajstić information content (AvgIpc) is 3.72. The van der Waals surface area contributed by atoms with Crippen molar-refractivity contribution in [3.63, 3.8) is 0 Å². The highest BCUT2D eigenvalue weighted by atomic mass is 16.6. The molecule has 0 bridgehead atoms. The maximum atomic E-state index is 11.7. The molecule has 47 heavy (non-hydrogen) atoms. The van der Waals surface area contributed by atoms with E-state index >= 15 is 0 Å². The van der Waals surface area contributed by atoms with Crippen LogP contribution in [0, 0.1) is 10.1 Å². The Labute approximate surface area is 270 Å². The summed E-state index contributed by atoms with van der Waals surface area (Å²) in [4.78, 5) is 11.3. The maximum Gasteiger partial charge on any atom is 0.277 e. The van der Waals surface area contributed by atoms with Gasteiger partial charge in [0.25, 0.3) is 5.69 Å². The van der Waals surface area contributed by atoms with Crippen LogP contribution in [0.1, 0.15) is 0 Å². The molecule has 0 saturated heterocycles. The molecule has 222 valence electrons. The van der Waals surface area contributed by atoms with Gasteiger partial charge >= 0.3 is 0 Å². The lowest BCUT2D eigenvalue weighted by atomic mass is 10.0. The van der Waals surface area contributed by atoms with Crippen LogP contribution in [0.2, 0.25) is 0 Å². The summed E-state index contributed by atoms with van der Waals surface area (Å²) in [5.41, 5.74) is 9.41. The van der Waals surface area contributed by atoms with E-state index in [1.807, 2.05) is 36.4 Å². The minimum absolute atomic E-state index is 0.104. The molecule has 2 heterocycles. The van der Waals surface area contributed by atoms with Gasteiger partial charge in [-0.1, -0.05) is 97.1 Å². The van der Waals surface area contributed by atoms with Crippen molar-refractivity contribution >= 4 is 49.2 Å². The number of aromatic nitrogens is 2. The number of nitro groups is 1. The SMILES string of the molecule is O=[N+]([O-])c1ccccc1-c1ccc(-n2ccc3c4c5c6ccccc6ccc5n(-c5cccc(-c6ccccc6)c5)c4ccc32)cc1. The first-order valence-corrected chi connectivity index (χ1v) is 15.6. The van der Waals surface area contributed by atoms with E-state index in [2.05, 4.69) is 118 Å². The van der Waals surface area contributed by atoms with Gasteiger partial charge in [-0.3, -0.25) is 10.1 Å². The molecule has 0 amide bonds. The van der Waals surface area contributed by atoms with Crippen molar-refractivity contribution in [3.05, 3.63) is 174 Å². The Kier molecular flexibility index (Phi) is 6.05. The van der Waals surface area contributed by atoms with E-state index in [-0.39, 0.29) is 10.6 Å². The number of nitro benzene ring substituents is 1. The molecule has 5 nitrogen and oxygen atoms in total. The largest absolute Gasteiger partial charge is 0.317 e. The molecule has 0 atom stereocenters. The topological polar surface area (TPSA) is 53.0 Å². The van der Waals surface area contributed by atoms with Crippen molar-refractivity contribution in [3.8, 4) is 33.6 Å². The third-order valence-electron chi connectivity index (χ3n) is 9.26. The van der Waals surface area contributed by atoms with Gasteiger partial charge in [0.05, 0.1) is 27.0 Å². The van der Waals surface area contributed by atoms with E-state index < -0.39 is 0 Å². The van der Waals surface area contributed by atoms with Gasteiger partial charge in [0.15, 0.2) is 0 Å². The summed E-state index contributed by atoms with van der Waals surface area (Å²) in [6, 6.07) is 53.9. The molecule has 0 N–H and O–H groups in total. The van der Waals surface area contributed by atoms with Gasteiger partial charge in [0.1, 0.15) is 0 Å². The fourth-order valence-corrected chi connectivity index (χ4v) is 7.13. The second kappa shape index (κ2) is 10.6. The molecule has 0 spiro atoms. The molecule has 2 aromatic heterocycles. The molecule has 0 radical (unpaired) electrons. The standard InChI is InChI=1S/C42H27N3O2/c46-45(47)38-16-7-6-14-34(38)30-17-20-32(21-18-30)43-26-25-36-37(43)23-24-40-42(36)41-35-15-5-4-11-29(35)19-22-39(41)44(40)33-13-8-12-31(27-33)28-9-2-1-3-10-28/h1-27H. The minimum atomic E-state index is -0.327. The molecular weight excluding hydrogens is 578 g/mol. The Balaban J connectivity index is 1.26. The Hall–Kier alpha value is -6.46. The van der Waals surface area contributed by atoms with E-state index in [9.17, 15) is 10.1 Å². The molecule has 0 fully saturated rings. The number of nitrogens with zero attached hydrogens (tertiary/aromatic N) is 3. The van der Waals surface area contributed by atoms with E-state index in [0.29, 0.717) is 5.56 Å². The van der Waals surface area contributed by atoms with Crippen LogP contribution in [0.25, 0.3) is 77.1 Å². The van der Waals surface area contributed by atoms with Crippen LogP contribution in [0.5, 0.6) is 0 Å². The number of hydrogen-bond acceptors (Lipinski definition) is 2. The summed E-state index contributed by atoms with van der Waals surface area (Å²) in [6.45, 7) is 0. The fourth-order valence-electron chi connectivity index (χ4n) is 7.13. The summed E-state index contributed by atoms with van der Waals surface area (Å²) >= 11 is 0. The molecule has 0 unspecified atom stereocenters. The van der Waals surface area contributed by atoms with Gasteiger partial charge in [-0.05, 0) is 82.1 Å². The fraction of sp³-hybridized carbons (Fsp3) is 0. The van der Waals surface area contributed by atoms with Gasteiger partial charge in [-0.25, -0.2) is 0 Å². The van der Waals surface area contributed by atoms with Crippen LogP contribution in [0.3, 0.4) is 0 Å². The smallest absolute Gasteiger partial charge is 0.277 e. The Morgan fingerprint density at radius 3 is 2.00 bits per heavy atom. The van der Waals surface area contributed by atoms with Crippen LogP contribution >= 0.6 is 0 Å². The van der Waals surface area contributed by atoms with E-state index in [1.165, 1.54) is 38.1 Å². The predicted molar refractivity (Wildman–Crippen MR) is 193 cm³/mol. The van der Waals surface area contributed by atoms with Crippen LogP contribution in [0.15, 0.2) is 164 Å². The molecule has 9 aromatic rings. The lowest BCUT2D eigenvalue weighted by molar-refractivity contribution is -0.384. The van der Waals surface area contributed by atoms with Gasteiger partial charge < -0.3 is 9.13 Å². The number of para-hydroxylation sites is 1. The highest BCUT2D eigenvalue weighted by Gasteiger charge is 2.19. The van der Waals surface area contributed by atoms with Crippen molar-refractivity contribution in [2.75, 3.05) is 0 Å². The van der Waals surface area contributed by atoms with E-state index in [1.54, 1.807) is 18.2 Å². The molecule has 0 aliphatic heterocycles. The Morgan fingerprint density at radius 2 is 1.17 bits per heavy atom. The molecule has 7 aromatic carbocycles. The second-order valence-corrected chi connectivity index (χ2v) is 11.8. The number of rotatable bonds is 5. The zero-order valence-electron chi connectivity index (χ0n) is 25.2. The van der Waals surface area contributed by atoms with Gasteiger partial charge in [0.2, 0.25) is 0 Å². The molecule has 0 aliphatic rings. The summed E-state index contributed by atoms with van der Waals surface area (Å²) < 4.78 is 4.59. The monoisotopic (exact) mass is 605 g/mol. The van der Waals surface area contributed by atoms with Crippen molar-refractivity contribution in [1.29, 1.82) is 0 Å². The quantitative estimate of drug-likeness (QED) is 0.145. The zero-order valence-corrected chi connectivity index (χ0v) is 25.2. The van der Waals surface area contributed by atoms with Crippen molar-refractivity contribution in [2.24, 2.45) is 0 Å². The van der Waals surface area contributed by atoms with E-state index in [4.69, 9.17) is 0 Å². The number of hydrogen-bond donors (Lipinski definition) is 0. The average molecular weight is 606 g/mol. The van der Waals surface area contributed by atoms with Gasteiger partial charge in [-0.15, -0.1) is 0 Å². The maximum absolute atomic E-state index is 11.7. The highest BCUT2D eigenvalue weighted by molar-refractivity contribution is 6.28. The molecular formula is C42H27N3O2. The van der Waals surface area contributed by atoms with Crippen LogP contribution in [-0.2, 0) is 0 Å². The molecule has 0 saturated carbocycles. The third kappa shape index (κ3) is 4.25. The molecule has 0 aliphatic carbocycles. The normalized spacial score (nSPS) is 11.6. The van der Waals surface area contributed by atoms with Crippen LogP contribution < -0.4 is 0 Å². The number of benzene rings is 7. The summed E-state index contributed by atoms with van der Waals surface area (Å²) in [5.74, 6) is 0. The Morgan fingerprint density at radius 1 is 0.489 bits per heavy atom. The van der Waals surface area contributed by atoms with Crippen molar-refractivity contribution < 1.29 is 4.92 Å². The summed E-state index contributed by atoms with van der Waals surface area (Å²) in [6.07, 6.45) is 2.12. The first-order valence-electron chi connectivity index (χ1n) is 15.6. The van der Waals surface area contributed by atoms with Gasteiger partial charge in [0, 0.05) is 39.8 Å². The van der Waals surface area contributed by atoms with Crippen molar-refractivity contribution in [2.45, 2.75) is 0 Å². The van der Waals surface area contributed by atoms with E-state index in [0.717, 1.165) is 33.5 Å². The predicted octanol–water partition coefficient (Wildman–Crippen LogP) is 11.1. The molecule has 5 heteroatoms. The molecule has 9 rings (SSSR count). The van der Waals surface area contributed by atoms with Gasteiger partial charge in [-0.2, -0.15) is 0 Å². The van der Waals surface area contributed by atoms with Crippen LogP contribution in [-0.4, -0.2) is 14.1 Å². The van der Waals surface area contributed by atoms with Crippen molar-refractivity contribution in [1.82, 2.24) is 9.13 Å². The first-order chi connectivity index (χ1) is 23.2. The number of fused-ring (bicyclic) bond motifs is 7. The van der Waals surface area contributed by atoms with Crippen LogP contribution in [0.4, 0.5) is 5.69 Å². The first kappa shape index (κ1) is 26.9. The Bertz CT molecular complexity index is 2650. The lowest BCUT2D eigenvalue weighted by Crippen LogP contribution is -1.95. The highest BCUT2D eigenvalue weighted by Crippen LogP contribution is 2.42. The minimum Gasteiger partial charge on any atom is -0.317 e. The summed E-state index contributed by atoms with van der Waals surface area (Å²) in [5, 5.41) is 17.7.